The molecule has 0 spiro atoms. The van der Waals surface area contributed by atoms with Crippen molar-refractivity contribution in [3.8, 4) is 0 Å². The summed E-state index contributed by atoms with van der Waals surface area (Å²) in [5.41, 5.74) is -1.95. The molecular formula is C8H5Cl5O5. The molecule has 0 N–H and O–H groups in total. The molecule has 10 heteroatoms. The summed E-state index contributed by atoms with van der Waals surface area (Å²) < 4.78 is 7.67. The number of ether oxygens (including phenoxy) is 2. The maximum Gasteiger partial charge on any atom is 0.342 e. The Labute approximate surface area is 127 Å². The molecule has 1 unspecified atom stereocenters. The minimum absolute atomic E-state index is 0.622. The molecule has 18 heavy (non-hydrogen) atoms. The van der Waals surface area contributed by atoms with E-state index in [4.69, 9.17) is 62.7 Å². The van der Waals surface area contributed by atoms with Crippen LogP contribution in [-0.2, 0) is 23.9 Å². The molecule has 1 aliphatic heterocycles. The molecule has 0 aromatic heterocycles. The van der Waals surface area contributed by atoms with Crippen molar-refractivity contribution in [3.63, 3.8) is 0 Å². The second-order valence-corrected chi connectivity index (χ2v) is 6.67. The largest absolute Gasteiger partial charge is 0.429 e. The fraction of sp³-hybridized carbons (Fsp3) is 0.625. The lowest BCUT2D eigenvalue weighted by atomic mass is 9.97. The number of rotatable bonds is 4. The Morgan fingerprint density at radius 2 is 1.61 bits per heavy atom. The normalized spacial score (nSPS) is 22.7. The van der Waals surface area contributed by atoms with Crippen molar-refractivity contribution in [1.29, 1.82) is 0 Å². The first kappa shape index (κ1) is 16.3. The lowest BCUT2D eigenvalue weighted by Gasteiger charge is -2.22. The van der Waals surface area contributed by atoms with Gasteiger partial charge in [0.2, 0.25) is 10.5 Å². The second kappa shape index (κ2) is 5.69. The van der Waals surface area contributed by atoms with E-state index in [0.717, 1.165) is 0 Å². The van der Waals surface area contributed by atoms with E-state index < -0.39 is 45.0 Å². The number of carbonyl (C=O) groups excluding carboxylic acids is 3. The molecule has 0 aromatic rings. The SMILES string of the molecule is O=C(Cl)CC1(CC(=O)Cl)OC(C(Cl)(Cl)Cl)OC1=O. The van der Waals surface area contributed by atoms with Gasteiger partial charge in [0.05, 0.1) is 12.8 Å². The number of carbonyl (C=O) groups is 3. The fourth-order valence-electron chi connectivity index (χ4n) is 1.35. The van der Waals surface area contributed by atoms with Gasteiger partial charge >= 0.3 is 5.97 Å². The highest BCUT2D eigenvalue weighted by molar-refractivity contribution is 6.68. The number of esters is 1. The van der Waals surface area contributed by atoms with Crippen LogP contribution < -0.4 is 0 Å². The lowest BCUT2D eigenvalue weighted by Crippen LogP contribution is -2.40. The van der Waals surface area contributed by atoms with Gasteiger partial charge in [0.1, 0.15) is 0 Å². The first-order valence-corrected chi connectivity index (χ1v) is 6.28. The number of hydrogen-bond donors (Lipinski definition) is 0. The zero-order chi connectivity index (χ0) is 14.1. The van der Waals surface area contributed by atoms with E-state index in [1.165, 1.54) is 0 Å². The van der Waals surface area contributed by atoms with Crippen LogP contribution in [-0.4, -0.2) is 32.1 Å². The molecule has 1 aliphatic rings. The van der Waals surface area contributed by atoms with E-state index in [1.807, 2.05) is 0 Å². The van der Waals surface area contributed by atoms with Crippen LogP contribution in [0.4, 0.5) is 0 Å². The lowest BCUT2D eigenvalue weighted by molar-refractivity contribution is -0.147. The minimum atomic E-state index is -2.07. The summed E-state index contributed by atoms with van der Waals surface area (Å²) in [6.07, 6.45) is -2.80. The maximum atomic E-state index is 11.7. The summed E-state index contributed by atoms with van der Waals surface area (Å²) in [6.45, 7) is 0. The van der Waals surface area contributed by atoms with Crippen molar-refractivity contribution in [3.05, 3.63) is 0 Å². The third-order valence-electron chi connectivity index (χ3n) is 2.04. The van der Waals surface area contributed by atoms with Crippen LogP contribution in [0.1, 0.15) is 12.8 Å². The van der Waals surface area contributed by atoms with Crippen molar-refractivity contribution in [1.82, 2.24) is 0 Å². The van der Waals surface area contributed by atoms with Crippen LogP contribution in [0.25, 0.3) is 0 Å². The van der Waals surface area contributed by atoms with Crippen LogP contribution in [0.15, 0.2) is 0 Å². The minimum Gasteiger partial charge on any atom is -0.429 e. The van der Waals surface area contributed by atoms with E-state index >= 15 is 0 Å². The number of alkyl halides is 3. The third-order valence-corrected chi connectivity index (χ3v) is 2.84. The van der Waals surface area contributed by atoms with Crippen LogP contribution in [0, 0.1) is 0 Å². The summed E-state index contributed by atoms with van der Waals surface area (Å²) in [7, 11) is 0. The Hall–Kier alpha value is 0.220. The average Bonchev–Trinajstić information content (AvgIpc) is 2.40. The standard InChI is InChI=1S/C8H5Cl5O5/c9-3(14)1-7(2-4(10)15)5(16)17-6(18-7)8(11,12)13/h6H,1-2H2. The highest BCUT2D eigenvalue weighted by Crippen LogP contribution is 2.42. The molecule has 5 nitrogen and oxygen atoms in total. The molecule has 1 fully saturated rings. The second-order valence-electron chi connectivity index (χ2n) is 3.45. The predicted octanol–water partition coefficient (Wildman–Crippen LogP) is 2.31. The first-order valence-electron chi connectivity index (χ1n) is 4.39. The van der Waals surface area contributed by atoms with Crippen LogP contribution in [0.2, 0.25) is 0 Å². The van der Waals surface area contributed by atoms with Crippen molar-refractivity contribution >= 4 is 74.5 Å². The maximum absolute atomic E-state index is 11.7. The van der Waals surface area contributed by atoms with Gasteiger partial charge in [-0.05, 0) is 23.2 Å². The Kier molecular flexibility index (Phi) is 5.14. The highest BCUT2D eigenvalue weighted by Gasteiger charge is 2.57. The summed E-state index contributed by atoms with van der Waals surface area (Å²) in [4.78, 5) is 33.5. The average molecular weight is 358 g/mol. The van der Waals surface area contributed by atoms with Crippen molar-refractivity contribution in [2.45, 2.75) is 28.5 Å². The monoisotopic (exact) mass is 356 g/mol. The van der Waals surface area contributed by atoms with Crippen molar-refractivity contribution in [2.75, 3.05) is 0 Å². The molecule has 102 valence electrons. The Balaban J connectivity index is 3.01. The van der Waals surface area contributed by atoms with Crippen LogP contribution in [0.5, 0.6) is 0 Å². The van der Waals surface area contributed by atoms with Gasteiger partial charge in [-0.1, -0.05) is 34.8 Å². The fourth-order valence-corrected chi connectivity index (χ4v) is 2.05. The molecule has 0 aromatic carbocycles. The molecule has 1 saturated heterocycles. The zero-order valence-electron chi connectivity index (χ0n) is 8.42. The summed E-state index contributed by atoms with van der Waals surface area (Å²) >= 11 is 26.8. The van der Waals surface area contributed by atoms with Gasteiger partial charge in [0.25, 0.3) is 10.1 Å². The van der Waals surface area contributed by atoms with Gasteiger partial charge in [-0.15, -0.1) is 0 Å². The van der Waals surface area contributed by atoms with Crippen LogP contribution in [0.3, 0.4) is 0 Å². The molecule has 0 saturated carbocycles. The number of hydrogen-bond acceptors (Lipinski definition) is 5. The summed E-state index contributed by atoms with van der Waals surface area (Å²) in [5, 5.41) is -1.84. The molecule has 0 aliphatic carbocycles. The summed E-state index contributed by atoms with van der Waals surface area (Å²) in [6, 6.07) is 0. The smallest absolute Gasteiger partial charge is 0.342 e. The molecule has 0 amide bonds. The topological polar surface area (TPSA) is 69.7 Å². The number of halogens is 5. The quantitative estimate of drug-likeness (QED) is 0.438. The van der Waals surface area contributed by atoms with Crippen molar-refractivity contribution in [2.24, 2.45) is 0 Å². The molecule has 1 atom stereocenters. The van der Waals surface area contributed by atoms with Gasteiger partial charge in [-0.2, -0.15) is 0 Å². The molecule has 0 bridgehead atoms. The van der Waals surface area contributed by atoms with E-state index in [0.29, 0.717) is 0 Å². The molecular weight excluding hydrogens is 353 g/mol. The van der Waals surface area contributed by atoms with E-state index in [1.54, 1.807) is 0 Å². The van der Waals surface area contributed by atoms with Gasteiger partial charge < -0.3 is 9.47 Å². The Bertz CT molecular complexity index is 374. The predicted molar refractivity (Wildman–Crippen MR) is 64.9 cm³/mol. The zero-order valence-corrected chi connectivity index (χ0v) is 12.2. The van der Waals surface area contributed by atoms with Gasteiger partial charge in [0, 0.05) is 0 Å². The Morgan fingerprint density at radius 3 is 1.89 bits per heavy atom. The van der Waals surface area contributed by atoms with Gasteiger partial charge in [-0.25, -0.2) is 4.79 Å². The van der Waals surface area contributed by atoms with E-state index in [2.05, 4.69) is 4.74 Å². The number of cyclic esters (lactones) is 1. The molecule has 1 heterocycles. The van der Waals surface area contributed by atoms with Crippen molar-refractivity contribution < 1.29 is 23.9 Å². The highest BCUT2D eigenvalue weighted by atomic mass is 35.6. The van der Waals surface area contributed by atoms with Gasteiger partial charge in [0.15, 0.2) is 5.60 Å². The van der Waals surface area contributed by atoms with E-state index in [-0.39, 0.29) is 0 Å². The third kappa shape index (κ3) is 3.85. The van der Waals surface area contributed by atoms with Crippen LogP contribution >= 0.6 is 58.0 Å². The van der Waals surface area contributed by atoms with E-state index in [9.17, 15) is 14.4 Å². The Morgan fingerprint density at radius 1 is 1.17 bits per heavy atom. The van der Waals surface area contributed by atoms with Gasteiger partial charge in [-0.3, -0.25) is 9.59 Å². The summed E-state index contributed by atoms with van der Waals surface area (Å²) in [5.74, 6) is -1.04. The molecule has 1 rings (SSSR count). The first-order chi connectivity index (χ1) is 8.07. The molecule has 0 radical (unpaired) electrons.